The fraction of sp³-hybridized carbons (Fsp3) is 0.185. The van der Waals surface area contributed by atoms with Crippen molar-refractivity contribution < 1.29 is 14.3 Å². The van der Waals surface area contributed by atoms with Crippen LogP contribution in [-0.2, 0) is 9.59 Å². The van der Waals surface area contributed by atoms with Crippen LogP contribution in [0.1, 0.15) is 18.4 Å². The van der Waals surface area contributed by atoms with Crippen LogP contribution in [0.4, 0.5) is 11.4 Å². The Kier molecular flexibility index (Phi) is 5.92. The highest BCUT2D eigenvalue weighted by Crippen LogP contribution is 2.43. The molecule has 0 aliphatic carbocycles. The lowest BCUT2D eigenvalue weighted by molar-refractivity contribution is -0.119. The number of imide groups is 1. The molecule has 1 saturated heterocycles. The number of benzene rings is 3. The smallest absolute Gasteiger partial charge is 0.272 e. The highest BCUT2D eigenvalue weighted by atomic mass is 32.2. The predicted molar refractivity (Wildman–Crippen MR) is 133 cm³/mol. The third-order valence-corrected chi connectivity index (χ3v) is 7.05. The average molecular weight is 457 g/mol. The molecule has 0 radical (unpaired) electrons. The van der Waals surface area contributed by atoms with Crippen molar-refractivity contribution in [1.29, 1.82) is 0 Å². The molecular formula is C27H24N2O3S. The quantitative estimate of drug-likeness (QED) is 0.467. The summed E-state index contributed by atoms with van der Waals surface area (Å²) in [5.74, 6) is -0.0911. The summed E-state index contributed by atoms with van der Waals surface area (Å²) in [6.45, 7) is 2.08. The zero-order chi connectivity index (χ0) is 22.8. The van der Waals surface area contributed by atoms with E-state index in [0.717, 1.165) is 23.7 Å². The second kappa shape index (κ2) is 9.16. The number of hydrogen-bond donors (Lipinski definition) is 0. The maximum absolute atomic E-state index is 13.7. The Labute approximate surface area is 197 Å². The molecule has 3 aromatic carbocycles. The topological polar surface area (TPSA) is 49.9 Å². The molecule has 2 heterocycles. The van der Waals surface area contributed by atoms with Gasteiger partial charge in [0.2, 0.25) is 0 Å². The molecule has 0 aromatic heterocycles. The van der Waals surface area contributed by atoms with Gasteiger partial charge in [-0.15, -0.1) is 0 Å². The van der Waals surface area contributed by atoms with Crippen LogP contribution in [0.3, 0.4) is 0 Å². The maximum Gasteiger partial charge on any atom is 0.272 e. The first-order chi connectivity index (χ1) is 16.2. The number of carbonyl (C=O) groups is 2. The Morgan fingerprint density at radius 2 is 1.39 bits per heavy atom. The van der Waals surface area contributed by atoms with E-state index >= 15 is 0 Å². The highest BCUT2D eigenvalue weighted by molar-refractivity contribution is 8.04. The van der Waals surface area contributed by atoms with E-state index in [4.69, 9.17) is 4.74 Å². The second-order valence-corrected chi connectivity index (χ2v) is 9.06. The molecular weight excluding hydrogens is 432 g/mol. The SMILES string of the molecule is COc1ccccc1C1=C(Sc2ccccc2)C(=O)N(c2ccc(N3CCCC3)cc2)C1=O. The predicted octanol–water partition coefficient (Wildman–Crippen LogP) is 5.37. The van der Waals surface area contributed by atoms with Gasteiger partial charge in [-0.1, -0.05) is 48.2 Å². The Morgan fingerprint density at radius 1 is 0.758 bits per heavy atom. The zero-order valence-corrected chi connectivity index (χ0v) is 19.2. The minimum absolute atomic E-state index is 0.316. The largest absolute Gasteiger partial charge is 0.496 e. The number of carbonyl (C=O) groups excluding carboxylic acids is 2. The van der Waals surface area contributed by atoms with Crippen LogP contribution in [-0.4, -0.2) is 32.0 Å². The summed E-state index contributed by atoms with van der Waals surface area (Å²) in [7, 11) is 1.57. The molecule has 2 amide bonds. The number of nitrogens with zero attached hydrogens (tertiary/aromatic N) is 2. The molecule has 5 nitrogen and oxygen atoms in total. The van der Waals surface area contributed by atoms with E-state index in [1.165, 1.54) is 29.5 Å². The Morgan fingerprint density at radius 3 is 2.09 bits per heavy atom. The molecule has 33 heavy (non-hydrogen) atoms. The van der Waals surface area contributed by atoms with Crippen LogP contribution in [0.15, 0.2) is 88.7 Å². The number of rotatable bonds is 6. The van der Waals surface area contributed by atoms with E-state index in [1.54, 1.807) is 13.2 Å². The second-order valence-electron chi connectivity index (χ2n) is 7.98. The first-order valence-electron chi connectivity index (χ1n) is 11.0. The number of para-hydroxylation sites is 1. The van der Waals surface area contributed by atoms with E-state index < -0.39 is 0 Å². The van der Waals surface area contributed by atoms with Crippen LogP contribution in [0, 0.1) is 0 Å². The number of methoxy groups -OCH3 is 1. The van der Waals surface area contributed by atoms with Crippen LogP contribution in [0.5, 0.6) is 5.75 Å². The van der Waals surface area contributed by atoms with Crippen molar-refractivity contribution in [3.05, 3.63) is 89.3 Å². The lowest BCUT2D eigenvalue weighted by Gasteiger charge is -2.20. The van der Waals surface area contributed by atoms with Gasteiger partial charge in [0.25, 0.3) is 11.8 Å². The molecule has 3 aromatic rings. The van der Waals surface area contributed by atoms with Crippen molar-refractivity contribution in [2.24, 2.45) is 0 Å². The summed E-state index contributed by atoms with van der Waals surface area (Å²) in [4.78, 5) is 32.2. The number of anilines is 2. The van der Waals surface area contributed by atoms with Gasteiger partial charge >= 0.3 is 0 Å². The van der Waals surface area contributed by atoms with Crippen LogP contribution in [0.25, 0.3) is 5.57 Å². The fourth-order valence-corrected chi connectivity index (χ4v) is 5.33. The van der Waals surface area contributed by atoms with E-state index in [1.807, 2.05) is 72.8 Å². The van der Waals surface area contributed by atoms with Gasteiger partial charge in [-0.3, -0.25) is 9.59 Å². The number of amides is 2. The van der Waals surface area contributed by atoms with E-state index in [0.29, 0.717) is 27.5 Å². The molecule has 0 N–H and O–H groups in total. The van der Waals surface area contributed by atoms with Crippen molar-refractivity contribution in [3.63, 3.8) is 0 Å². The van der Waals surface area contributed by atoms with Gasteiger partial charge in [0, 0.05) is 29.2 Å². The van der Waals surface area contributed by atoms with Gasteiger partial charge in [-0.05, 0) is 55.3 Å². The molecule has 6 heteroatoms. The Hall–Kier alpha value is -3.51. The van der Waals surface area contributed by atoms with E-state index in [-0.39, 0.29) is 11.8 Å². The molecule has 2 aliphatic rings. The first kappa shape index (κ1) is 21.3. The molecule has 0 bridgehead atoms. The van der Waals surface area contributed by atoms with E-state index in [2.05, 4.69) is 4.90 Å². The standard InChI is InChI=1S/C27H24N2O3S/c1-32-23-12-6-5-11-22(23)24-25(33-21-9-3-2-4-10-21)27(31)29(26(24)30)20-15-13-19(14-16-20)28-17-7-8-18-28/h2-6,9-16H,7-8,17-18H2,1H3. The van der Waals surface area contributed by atoms with Crippen LogP contribution < -0.4 is 14.5 Å². The third kappa shape index (κ3) is 4.02. The minimum atomic E-state index is -0.336. The normalized spacial score (nSPS) is 16.2. The average Bonchev–Trinajstić information content (AvgIpc) is 3.47. The van der Waals surface area contributed by atoms with Crippen molar-refractivity contribution in [2.45, 2.75) is 17.7 Å². The molecule has 0 spiro atoms. The van der Waals surface area contributed by atoms with Gasteiger partial charge in [0.1, 0.15) is 5.75 Å². The van der Waals surface area contributed by atoms with Gasteiger partial charge in [-0.2, -0.15) is 0 Å². The third-order valence-electron chi connectivity index (χ3n) is 5.96. The van der Waals surface area contributed by atoms with E-state index in [9.17, 15) is 9.59 Å². The number of hydrogen-bond acceptors (Lipinski definition) is 5. The van der Waals surface area contributed by atoms with Gasteiger partial charge in [0.05, 0.1) is 23.3 Å². The summed E-state index contributed by atoms with van der Waals surface area (Å²) in [6.07, 6.45) is 2.38. The molecule has 1 fully saturated rings. The fourth-order valence-electron chi connectivity index (χ4n) is 4.32. The first-order valence-corrected chi connectivity index (χ1v) is 11.8. The molecule has 2 aliphatic heterocycles. The van der Waals surface area contributed by atoms with Gasteiger partial charge in [0.15, 0.2) is 0 Å². The summed E-state index contributed by atoms with van der Waals surface area (Å²) in [5, 5.41) is 0. The monoisotopic (exact) mass is 456 g/mol. The summed E-state index contributed by atoms with van der Waals surface area (Å²) in [6, 6.07) is 24.7. The number of thioether (sulfide) groups is 1. The van der Waals surface area contributed by atoms with Crippen molar-refractivity contribution >= 4 is 40.5 Å². The van der Waals surface area contributed by atoms with Crippen molar-refractivity contribution in [2.75, 3.05) is 30.0 Å². The lowest BCUT2D eigenvalue weighted by Crippen LogP contribution is -2.31. The minimum Gasteiger partial charge on any atom is -0.496 e. The zero-order valence-electron chi connectivity index (χ0n) is 18.4. The summed E-state index contributed by atoms with van der Waals surface area (Å²) >= 11 is 1.31. The molecule has 0 saturated carbocycles. The number of ether oxygens (including phenoxy) is 1. The summed E-state index contributed by atoms with van der Waals surface area (Å²) in [5.41, 5.74) is 2.68. The van der Waals surface area contributed by atoms with Gasteiger partial charge in [-0.25, -0.2) is 4.90 Å². The molecule has 0 atom stereocenters. The Bertz CT molecular complexity index is 1220. The lowest BCUT2D eigenvalue weighted by atomic mass is 10.0. The van der Waals surface area contributed by atoms with Crippen molar-refractivity contribution in [3.8, 4) is 5.75 Å². The summed E-state index contributed by atoms with van der Waals surface area (Å²) < 4.78 is 5.52. The van der Waals surface area contributed by atoms with Crippen molar-refractivity contribution in [1.82, 2.24) is 0 Å². The molecule has 166 valence electrons. The molecule has 5 rings (SSSR count). The van der Waals surface area contributed by atoms with Gasteiger partial charge < -0.3 is 9.64 Å². The van der Waals surface area contributed by atoms with Crippen LogP contribution in [0.2, 0.25) is 0 Å². The maximum atomic E-state index is 13.7. The highest BCUT2D eigenvalue weighted by Gasteiger charge is 2.41. The Balaban J connectivity index is 1.55. The molecule has 0 unspecified atom stereocenters. The van der Waals surface area contributed by atoms with Crippen LogP contribution >= 0.6 is 11.8 Å².